The minimum Gasteiger partial charge on any atom is -0.388 e. The number of nitrogens with one attached hydrogen (secondary N) is 2. The van der Waals surface area contributed by atoms with E-state index in [2.05, 4.69) is 15.6 Å². The summed E-state index contributed by atoms with van der Waals surface area (Å²) in [4.78, 5) is 16.2. The van der Waals surface area contributed by atoms with Gasteiger partial charge in [0, 0.05) is 24.6 Å². The number of carbonyl (C=O) groups excluding carboxylic acids is 1. The number of pyridine rings is 1. The van der Waals surface area contributed by atoms with E-state index in [4.69, 9.17) is 0 Å². The van der Waals surface area contributed by atoms with Gasteiger partial charge in [-0.2, -0.15) is 0 Å². The van der Waals surface area contributed by atoms with Gasteiger partial charge in [-0.3, -0.25) is 9.78 Å². The maximum Gasteiger partial charge on any atom is 0.274 e. The lowest BCUT2D eigenvalue weighted by Crippen LogP contribution is -2.14. The Morgan fingerprint density at radius 2 is 1.95 bits per heavy atom. The second-order valence-corrected chi connectivity index (χ2v) is 4.45. The van der Waals surface area contributed by atoms with E-state index in [1.807, 2.05) is 45.2 Å². The maximum absolute atomic E-state index is 12.1. The van der Waals surface area contributed by atoms with Gasteiger partial charge in [-0.1, -0.05) is 12.1 Å². The molecule has 2 N–H and O–H groups in total. The zero-order valence-corrected chi connectivity index (χ0v) is 11.3. The second kappa shape index (κ2) is 5.52. The average Bonchev–Trinajstić information content (AvgIpc) is 2.43. The fraction of sp³-hybridized carbons (Fsp3) is 0.200. The zero-order chi connectivity index (χ0) is 13.8. The van der Waals surface area contributed by atoms with Crippen LogP contribution in [0.1, 0.15) is 21.6 Å². The van der Waals surface area contributed by atoms with Crippen LogP contribution in [-0.2, 0) is 0 Å². The summed E-state index contributed by atoms with van der Waals surface area (Å²) in [5, 5.41) is 5.88. The fourth-order valence-corrected chi connectivity index (χ4v) is 1.77. The quantitative estimate of drug-likeness (QED) is 0.886. The van der Waals surface area contributed by atoms with Gasteiger partial charge in [0.25, 0.3) is 5.91 Å². The SMILES string of the molecule is CNc1ccnc(C(=O)Nc2cc(C)ccc2C)c1. The Kier molecular flexibility index (Phi) is 3.80. The van der Waals surface area contributed by atoms with Crippen molar-refractivity contribution >= 4 is 17.3 Å². The molecule has 0 spiro atoms. The van der Waals surface area contributed by atoms with Crippen LogP contribution in [0, 0.1) is 13.8 Å². The molecule has 0 fully saturated rings. The normalized spacial score (nSPS) is 10.1. The van der Waals surface area contributed by atoms with Gasteiger partial charge >= 0.3 is 0 Å². The summed E-state index contributed by atoms with van der Waals surface area (Å²) in [7, 11) is 1.81. The van der Waals surface area contributed by atoms with Gasteiger partial charge in [0.15, 0.2) is 0 Å². The molecule has 2 aromatic rings. The standard InChI is InChI=1S/C15H17N3O/c1-10-4-5-11(2)13(8-10)18-15(19)14-9-12(16-3)6-7-17-14/h4-9H,1-3H3,(H,16,17)(H,18,19). The largest absolute Gasteiger partial charge is 0.388 e. The molecule has 0 aliphatic heterocycles. The highest BCUT2D eigenvalue weighted by Gasteiger charge is 2.09. The third kappa shape index (κ3) is 3.10. The molecule has 2 rings (SSSR count). The minimum atomic E-state index is -0.203. The van der Waals surface area contributed by atoms with E-state index in [1.54, 1.807) is 12.3 Å². The van der Waals surface area contributed by atoms with Gasteiger partial charge in [-0.25, -0.2) is 0 Å². The monoisotopic (exact) mass is 255 g/mol. The van der Waals surface area contributed by atoms with Crippen molar-refractivity contribution in [3.8, 4) is 0 Å². The Hall–Kier alpha value is -2.36. The lowest BCUT2D eigenvalue weighted by atomic mass is 10.1. The molecule has 1 amide bonds. The molecule has 98 valence electrons. The molecule has 1 heterocycles. The Bertz CT molecular complexity index is 608. The van der Waals surface area contributed by atoms with Crippen LogP contribution in [0.3, 0.4) is 0 Å². The van der Waals surface area contributed by atoms with Gasteiger partial charge in [-0.05, 0) is 43.2 Å². The molecular weight excluding hydrogens is 238 g/mol. The van der Waals surface area contributed by atoms with E-state index in [1.165, 1.54) is 0 Å². The van der Waals surface area contributed by atoms with Crippen molar-refractivity contribution in [2.24, 2.45) is 0 Å². The molecule has 19 heavy (non-hydrogen) atoms. The fourth-order valence-electron chi connectivity index (χ4n) is 1.77. The summed E-state index contributed by atoms with van der Waals surface area (Å²) in [6.07, 6.45) is 1.61. The number of carbonyl (C=O) groups is 1. The van der Waals surface area contributed by atoms with Gasteiger partial charge in [0.2, 0.25) is 0 Å². The Labute approximate surface area is 112 Å². The number of nitrogens with zero attached hydrogens (tertiary/aromatic N) is 1. The lowest BCUT2D eigenvalue weighted by Gasteiger charge is -2.09. The van der Waals surface area contributed by atoms with Gasteiger partial charge in [0.1, 0.15) is 5.69 Å². The summed E-state index contributed by atoms with van der Waals surface area (Å²) in [6, 6.07) is 9.50. The van der Waals surface area contributed by atoms with Crippen LogP contribution in [0.5, 0.6) is 0 Å². The first-order chi connectivity index (χ1) is 9.10. The van der Waals surface area contributed by atoms with Crippen LogP contribution in [0.2, 0.25) is 0 Å². The van der Waals surface area contributed by atoms with E-state index < -0.39 is 0 Å². The number of aromatic nitrogens is 1. The van der Waals surface area contributed by atoms with E-state index in [-0.39, 0.29) is 5.91 Å². The van der Waals surface area contributed by atoms with E-state index >= 15 is 0 Å². The molecule has 1 aromatic heterocycles. The van der Waals surface area contributed by atoms with Crippen molar-refractivity contribution < 1.29 is 4.79 Å². The number of anilines is 2. The number of benzene rings is 1. The summed E-state index contributed by atoms with van der Waals surface area (Å²) in [6.45, 7) is 3.96. The molecular formula is C15H17N3O. The molecule has 0 bridgehead atoms. The molecule has 0 radical (unpaired) electrons. The molecule has 4 nitrogen and oxygen atoms in total. The topological polar surface area (TPSA) is 54.0 Å². The van der Waals surface area contributed by atoms with Gasteiger partial charge in [-0.15, -0.1) is 0 Å². The number of amides is 1. The third-order valence-corrected chi connectivity index (χ3v) is 2.92. The Balaban J connectivity index is 2.22. The zero-order valence-electron chi connectivity index (χ0n) is 11.3. The Morgan fingerprint density at radius 1 is 1.16 bits per heavy atom. The summed E-state index contributed by atoms with van der Waals surface area (Å²) < 4.78 is 0. The molecule has 4 heteroatoms. The molecule has 0 aliphatic carbocycles. The first-order valence-corrected chi connectivity index (χ1v) is 6.12. The highest BCUT2D eigenvalue weighted by Crippen LogP contribution is 2.17. The van der Waals surface area contributed by atoms with Gasteiger partial charge in [0.05, 0.1) is 0 Å². The van der Waals surface area contributed by atoms with Crippen molar-refractivity contribution in [3.05, 3.63) is 53.3 Å². The average molecular weight is 255 g/mol. The molecule has 0 unspecified atom stereocenters. The van der Waals surface area contributed by atoms with Crippen LogP contribution >= 0.6 is 0 Å². The maximum atomic E-state index is 12.1. The first-order valence-electron chi connectivity index (χ1n) is 6.12. The van der Waals surface area contributed by atoms with Crippen molar-refractivity contribution in [2.75, 3.05) is 17.7 Å². The predicted octanol–water partition coefficient (Wildman–Crippen LogP) is 2.99. The highest BCUT2D eigenvalue weighted by atomic mass is 16.1. The van der Waals surface area contributed by atoms with Crippen LogP contribution in [0.25, 0.3) is 0 Å². The number of hydrogen-bond acceptors (Lipinski definition) is 3. The minimum absolute atomic E-state index is 0.203. The van der Waals surface area contributed by atoms with Crippen molar-refractivity contribution in [1.29, 1.82) is 0 Å². The van der Waals surface area contributed by atoms with E-state index in [0.29, 0.717) is 5.69 Å². The highest BCUT2D eigenvalue weighted by molar-refractivity contribution is 6.03. The lowest BCUT2D eigenvalue weighted by molar-refractivity contribution is 0.102. The van der Waals surface area contributed by atoms with Crippen LogP contribution < -0.4 is 10.6 Å². The first kappa shape index (κ1) is 13.1. The van der Waals surface area contributed by atoms with Crippen LogP contribution in [0.4, 0.5) is 11.4 Å². The Morgan fingerprint density at radius 3 is 2.68 bits per heavy atom. The van der Waals surface area contributed by atoms with Crippen molar-refractivity contribution in [1.82, 2.24) is 4.98 Å². The molecule has 0 aliphatic rings. The van der Waals surface area contributed by atoms with Crippen LogP contribution in [0.15, 0.2) is 36.5 Å². The molecule has 1 aromatic carbocycles. The second-order valence-electron chi connectivity index (χ2n) is 4.45. The number of rotatable bonds is 3. The molecule has 0 atom stereocenters. The van der Waals surface area contributed by atoms with Crippen molar-refractivity contribution in [2.45, 2.75) is 13.8 Å². The number of aryl methyl sites for hydroxylation is 2. The summed E-state index contributed by atoms with van der Waals surface area (Å²) in [5.74, 6) is -0.203. The smallest absolute Gasteiger partial charge is 0.274 e. The summed E-state index contributed by atoms with van der Waals surface area (Å²) >= 11 is 0. The van der Waals surface area contributed by atoms with Gasteiger partial charge < -0.3 is 10.6 Å². The molecule has 0 saturated heterocycles. The predicted molar refractivity (Wildman–Crippen MR) is 77.7 cm³/mol. The van der Waals surface area contributed by atoms with Crippen molar-refractivity contribution in [3.63, 3.8) is 0 Å². The van der Waals surface area contributed by atoms with E-state index in [0.717, 1.165) is 22.5 Å². The number of hydrogen-bond donors (Lipinski definition) is 2. The van der Waals surface area contributed by atoms with Crippen LogP contribution in [-0.4, -0.2) is 17.9 Å². The van der Waals surface area contributed by atoms with E-state index in [9.17, 15) is 4.79 Å². The molecule has 0 saturated carbocycles. The third-order valence-electron chi connectivity index (χ3n) is 2.92. The summed E-state index contributed by atoms with van der Waals surface area (Å²) in [5.41, 5.74) is 4.22.